The van der Waals surface area contributed by atoms with E-state index in [0.29, 0.717) is 4.47 Å². The van der Waals surface area contributed by atoms with Crippen LogP contribution in [0.15, 0.2) is 27.6 Å². The predicted octanol–water partition coefficient (Wildman–Crippen LogP) is 1.93. The third kappa shape index (κ3) is 4.42. The molecule has 0 amide bonds. The van der Waals surface area contributed by atoms with E-state index in [-0.39, 0.29) is 16.6 Å². The lowest BCUT2D eigenvalue weighted by molar-refractivity contribution is -0.143. The zero-order valence-electron chi connectivity index (χ0n) is 12.2. The Kier molecular flexibility index (Phi) is 6.18. The second-order valence-corrected chi connectivity index (χ2v) is 7.26. The van der Waals surface area contributed by atoms with E-state index >= 15 is 0 Å². The Bertz CT molecular complexity index is 615. The van der Waals surface area contributed by atoms with E-state index in [1.807, 2.05) is 0 Å². The zero-order chi connectivity index (χ0) is 16.2. The van der Waals surface area contributed by atoms with Crippen LogP contribution in [-0.4, -0.2) is 34.6 Å². The van der Waals surface area contributed by atoms with E-state index in [2.05, 4.69) is 25.4 Å². The molecule has 0 aromatic heterocycles. The van der Waals surface area contributed by atoms with Gasteiger partial charge in [-0.1, -0.05) is 29.8 Å². The minimum atomic E-state index is -3.93. The van der Waals surface area contributed by atoms with Crippen molar-refractivity contribution >= 4 is 31.9 Å². The molecule has 1 rings (SSSR count). The number of benzene rings is 1. The second-order valence-electron chi connectivity index (χ2n) is 4.66. The summed E-state index contributed by atoms with van der Waals surface area (Å²) in [6, 6.07) is 3.64. The lowest BCUT2D eigenvalue weighted by Crippen LogP contribution is -2.44. The monoisotopic (exact) mass is 379 g/mol. The molecule has 1 unspecified atom stereocenters. The molecule has 21 heavy (non-hydrogen) atoms. The van der Waals surface area contributed by atoms with Gasteiger partial charge in [0.05, 0.1) is 14.2 Å². The Morgan fingerprint density at radius 2 is 1.90 bits per heavy atom. The fourth-order valence-corrected chi connectivity index (χ4v) is 3.72. The summed E-state index contributed by atoms with van der Waals surface area (Å²) < 4.78 is 37.6. The Morgan fingerprint density at radius 3 is 2.38 bits per heavy atom. The summed E-state index contributed by atoms with van der Waals surface area (Å²) >= 11 is 3.22. The van der Waals surface area contributed by atoms with E-state index in [9.17, 15) is 13.2 Å². The Morgan fingerprint density at radius 1 is 1.29 bits per heavy atom. The molecule has 0 saturated carbocycles. The molecule has 0 spiro atoms. The normalized spacial score (nSPS) is 13.0. The van der Waals surface area contributed by atoms with E-state index in [1.165, 1.54) is 26.4 Å². The molecular formula is C13H18BrNO5S. The molecule has 0 aliphatic rings. The van der Waals surface area contributed by atoms with Gasteiger partial charge in [0, 0.05) is 4.47 Å². The van der Waals surface area contributed by atoms with Gasteiger partial charge in [-0.25, -0.2) is 8.42 Å². The molecule has 1 aromatic carbocycles. The van der Waals surface area contributed by atoms with Crippen LogP contribution in [0, 0.1) is 5.92 Å². The van der Waals surface area contributed by atoms with Crippen LogP contribution >= 0.6 is 15.9 Å². The van der Waals surface area contributed by atoms with E-state index in [4.69, 9.17) is 4.74 Å². The molecular weight excluding hydrogens is 362 g/mol. The molecule has 1 atom stereocenters. The summed E-state index contributed by atoms with van der Waals surface area (Å²) in [6.45, 7) is 3.45. The molecule has 0 saturated heterocycles. The minimum absolute atomic E-state index is 0.0473. The van der Waals surface area contributed by atoms with E-state index in [0.717, 1.165) is 0 Å². The van der Waals surface area contributed by atoms with Crippen molar-refractivity contribution in [3.05, 3.63) is 22.7 Å². The molecule has 0 aliphatic heterocycles. The molecule has 0 bridgehead atoms. The maximum atomic E-state index is 12.5. The van der Waals surface area contributed by atoms with Gasteiger partial charge in [0.2, 0.25) is 10.0 Å². The molecule has 8 heteroatoms. The molecule has 118 valence electrons. The fraction of sp³-hybridized carbons (Fsp3) is 0.462. The van der Waals surface area contributed by atoms with Crippen molar-refractivity contribution in [3.63, 3.8) is 0 Å². The van der Waals surface area contributed by atoms with Gasteiger partial charge in [-0.3, -0.25) is 4.79 Å². The van der Waals surface area contributed by atoms with Gasteiger partial charge >= 0.3 is 5.97 Å². The van der Waals surface area contributed by atoms with Gasteiger partial charge in [0.25, 0.3) is 0 Å². The molecule has 1 N–H and O–H groups in total. The van der Waals surface area contributed by atoms with Crippen LogP contribution in [0.4, 0.5) is 0 Å². The largest absolute Gasteiger partial charge is 0.495 e. The van der Waals surface area contributed by atoms with E-state index in [1.54, 1.807) is 19.9 Å². The van der Waals surface area contributed by atoms with Crippen molar-refractivity contribution < 1.29 is 22.7 Å². The van der Waals surface area contributed by atoms with Gasteiger partial charge in [-0.2, -0.15) is 4.72 Å². The summed E-state index contributed by atoms with van der Waals surface area (Å²) in [5.74, 6) is -0.703. The van der Waals surface area contributed by atoms with Gasteiger partial charge < -0.3 is 9.47 Å². The van der Waals surface area contributed by atoms with Gasteiger partial charge in [0.15, 0.2) is 0 Å². The summed E-state index contributed by atoms with van der Waals surface area (Å²) in [5, 5.41) is 0. The van der Waals surface area contributed by atoms with E-state index < -0.39 is 22.0 Å². The average Bonchev–Trinajstić information content (AvgIpc) is 2.43. The molecule has 0 fully saturated rings. The molecule has 0 aliphatic carbocycles. The number of hydrogen-bond donors (Lipinski definition) is 1. The molecule has 1 aromatic rings. The Hall–Kier alpha value is -1.12. The summed E-state index contributed by atoms with van der Waals surface area (Å²) in [7, 11) is -1.34. The first-order valence-electron chi connectivity index (χ1n) is 6.16. The molecule has 0 radical (unpaired) electrons. The standard InChI is InChI=1S/C13H18BrNO5S/c1-8(2)12(13(16)20-4)15-21(17,18)11-7-9(14)5-6-10(11)19-3/h5-8,12,15H,1-4H3. The van der Waals surface area contributed by atoms with Gasteiger partial charge in [0.1, 0.15) is 16.7 Å². The highest BCUT2D eigenvalue weighted by atomic mass is 79.9. The number of halogens is 1. The highest BCUT2D eigenvalue weighted by Gasteiger charge is 2.30. The van der Waals surface area contributed by atoms with Crippen LogP contribution in [0.3, 0.4) is 0 Å². The number of hydrogen-bond acceptors (Lipinski definition) is 5. The van der Waals surface area contributed by atoms with Crippen LogP contribution in [0.5, 0.6) is 5.75 Å². The lowest BCUT2D eigenvalue weighted by Gasteiger charge is -2.20. The number of ether oxygens (including phenoxy) is 2. The third-order valence-corrected chi connectivity index (χ3v) is 4.77. The smallest absolute Gasteiger partial charge is 0.324 e. The first kappa shape index (κ1) is 17.9. The van der Waals surface area contributed by atoms with Crippen molar-refractivity contribution in [2.45, 2.75) is 24.8 Å². The van der Waals surface area contributed by atoms with Crippen molar-refractivity contribution in [2.24, 2.45) is 5.92 Å². The van der Waals surface area contributed by atoms with Crippen molar-refractivity contribution in [1.29, 1.82) is 0 Å². The fourth-order valence-electron chi connectivity index (χ4n) is 1.67. The predicted molar refractivity (Wildman–Crippen MR) is 81.7 cm³/mol. The average molecular weight is 380 g/mol. The summed E-state index contributed by atoms with van der Waals surface area (Å²) in [4.78, 5) is 11.6. The Balaban J connectivity index is 3.22. The number of sulfonamides is 1. The van der Waals surface area contributed by atoms with Crippen LogP contribution in [-0.2, 0) is 19.6 Å². The van der Waals surface area contributed by atoms with Crippen molar-refractivity contribution in [3.8, 4) is 5.75 Å². The lowest BCUT2D eigenvalue weighted by atomic mass is 10.1. The second kappa shape index (κ2) is 7.24. The first-order chi connectivity index (χ1) is 9.72. The number of carbonyl (C=O) groups is 1. The topological polar surface area (TPSA) is 81.7 Å². The molecule has 6 nitrogen and oxygen atoms in total. The number of nitrogens with one attached hydrogen (secondary N) is 1. The van der Waals surface area contributed by atoms with Crippen LogP contribution in [0.2, 0.25) is 0 Å². The third-order valence-electron chi connectivity index (χ3n) is 2.82. The summed E-state index contributed by atoms with van der Waals surface area (Å²) in [5.41, 5.74) is 0. The quantitative estimate of drug-likeness (QED) is 0.763. The van der Waals surface area contributed by atoms with Gasteiger partial charge in [-0.15, -0.1) is 0 Å². The van der Waals surface area contributed by atoms with Crippen LogP contribution in [0.1, 0.15) is 13.8 Å². The van der Waals surface area contributed by atoms with Crippen LogP contribution < -0.4 is 9.46 Å². The minimum Gasteiger partial charge on any atom is -0.495 e. The number of rotatable bonds is 6. The highest BCUT2D eigenvalue weighted by Crippen LogP contribution is 2.27. The number of carbonyl (C=O) groups excluding carboxylic acids is 1. The van der Waals surface area contributed by atoms with Gasteiger partial charge in [-0.05, 0) is 24.1 Å². The highest BCUT2D eigenvalue weighted by molar-refractivity contribution is 9.10. The Labute approximate surface area is 133 Å². The number of methoxy groups -OCH3 is 2. The SMILES string of the molecule is COC(=O)C(NS(=O)(=O)c1cc(Br)ccc1OC)C(C)C. The van der Waals surface area contributed by atoms with Crippen molar-refractivity contribution in [2.75, 3.05) is 14.2 Å². The van der Waals surface area contributed by atoms with Crippen LogP contribution in [0.25, 0.3) is 0 Å². The maximum Gasteiger partial charge on any atom is 0.324 e. The maximum absolute atomic E-state index is 12.5. The first-order valence-corrected chi connectivity index (χ1v) is 8.44. The number of esters is 1. The zero-order valence-corrected chi connectivity index (χ0v) is 14.6. The molecule has 0 heterocycles. The van der Waals surface area contributed by atoms with Crippen molar-refractivity contribution in [1.82, 2.24) is 4.72 Å². The summed E-state index contributed by atoms with van der Waals surface area (Å²) in [6.07, 6.45) is 0.